The number of phenolic OH excluding ortho intramolecular Hbond substituents is 1. The zero-order valence-corrected chi connectivity index (χ0v) is 13.5. The molecule has 0 unspecified atom stereocenters. The number of hydrogen-bond donors (Lipinski definition) is 2. The van der Waals surface area contributed by atoms with Crippen molar-refractivity contribution in [2.45, 2.75) is 32.0 Å². The summed E-state index contributed by atoms with van der Waals surface area (Å²) in [6.07, 6.45) is 0.462. The van der Waals surface area contributed by atoms with Gasteiger partial charge in [-0.3, -0.25) is 9.59 Å². The van der Waals surface area contributed by atoms with Gasteiger partial charge in [-0.15, -0.1) is 0 Å². The molecule has 1 heterocycles. The summed E-state index contributed by atoms with van der Waals surface area (Å²) in [6.45, 7) is 1.98. The fourth-order valence-corrected chi connectivity index (χ4v) is 3.00. The Morgan fingerprint density at radius 2 is 1.75 bits per heavy atom. The number of aromatic hydroxyl groups is 1. The maximum absolute atomic E-state index is 12.6. The van der Waals surface area contributed by atoms with E-state index in [1.807, 2.05) is 36.4 Å². The van der Waals surface area contributed by atoms with E-state index in [0.717, 1.165) is 11.1 Å². The lowest BCUT2D eigenvalue weighted by atomic mass is 9.99. The standard InChI is InChI=1S/C19H20N2O3/c1-13-19(24)21(12-15-8-5-9-16(22)10-15)17(18(23)20-13)11-14-6-3-2-4-7-14/h2-10,13,17,22H,11-12H2,1H3,(H,20,23)/t13-,17-/m0/s1. The molecule has 5 heteroatoms. The van der Waals surface area contributed by atoms with Crippen LogP contribution in [-0.2, 0) is 22.6 Å². The molecule has 24 heavy (non-hydrogen) atoms. The molecule has 2 aromatic carbocycles. The van der Waals surface area contributed by atoms with Crippen molar-refractivity contribution in [2.75, 3.05) is 0 Å². The molecule has 2 N–H and O–H groups in total. The summed E-state index contributed by atoms with van der Waals surface area (Å²) < 4.78 is 0. The Balaban J connectivity index is 1.87. The van der Waals surface area contributed by atoms with Crippen LogP contribution < -0.4 is 5.32 Å². The minimum Gasteiger partial charge on any atom is -0.508 e. The molecule has 0 spiro atoms. The van der Waals surface area contributed by atoms with Gasteiger partial charge in [0.05, 0.1) is 0 Å². The van der Waals surface area contributed by atoms with Gasteiger partial charge in [-0.1, -0.05) is 42.5 Å². The largest absolute Gasteiger partial charge is 0.508 e. The number of hydrogen-bond acceptors (Lipinski definition) is 3. The number of carbonyl (C=O) groups is 2. The molecule has 1 aliphatic heterocycles. The summed E-state index contributed by atoms with van der Waals surface area (Å²) in [6, 6.07) is 15.3. The van der Waals surface area contributed by atoms with Gasteiger partial charge >= 0.3 is 0 Å². The Labute approximate surface area is 140 Å². The van der Waals surface area contributed by atoms with Crippen LogP contribution in [0.1, 0.15) is 18.1 Å². The Bertz CT molecular complexity index is 745. The van der Waals surface area contributed by atoms with Gasteiger partial charge in [-0.25, -0.2) is 0 Å². The third-order valence-electron chi connectivity index (χ3n) is 4.23. The Morgan fingerprint density at radius 1 is 1.04 bits per heavy atom. The number of carbonyl (C=O) groups excluding carboxylic acids is 2. The minimum absolute atomic E-state index is 0.112. The third kappa shape index (κ3) is 3.40. The van der Waals surface area contributed by atoms with Gasteiger partial charge in [0.25, 0.3) is 0 Å². The molecular formula is C19H20N2O3. The average Bonchev–Trinajstić information content (AvgIpc) is 2.57. The zero-order valence-electron chi connectivity index (χ0n) is 13.5. The van der Waals surface area contributed by atoms with E-state index in [9.17, 15) is 14.7 Å². The minimum atomic E-state index is -0.557. The zero-order chi connectivity index (χ0) is 17.1. The monoisotopic (exact) mass is 324 g/mol. The topological polar surface area (TPSA) is 69.6 Å². The van der Waals surface area contributed by atoms with Crippen LogP contribution in [0.3, 0.4) is 0 Å². The van der Waals surface area contributed by atoms with Gasteiger partial charge in [-0.2, -0.15) is 0 Å². The van der Waals surface area contributed by atoms with E-state index in [1.54, 1.807) is 30.0 Å². The smallest absolute Gasteiger partial charge is 0.245 e. The van der Waals surface area contributed by atoms with E-state index >= 15 is 0 Å². The molecule has 2 aromatic rings. The first kappa shape index (κ1) is 16.1. The van der Waals surface area contributed by atoms with Crippen LogP contribution in [-0.4, -0.2) is 33.9 Å². The first-order valence-corrected chi connectivity index (χ1v) is 7.97. The van der Waals surface area contributed by atoms with Crippen LogP contribution in [0.5, 0.6) is 5.75 Å². The summed E-state index contributed by atoms with van der Waals surface area (Å²) in [5, 5.41) is 12.4. The van der Waals surface area contributed by atoms with E-state index < -0.39 is 12.1 Å². The van der Waals surface area contributed by atoms with E-state index in [0.29, 0.717) is 13.0 Å². The van der Waals surface area contributed by atoms with Crippen LogP contribution in [0.2, 0.25) is 0 Å². The van der Waals surface area contributed by atoms with E-state index in [1.165, 1.54) is 0 Å². The number of nitrogens with zero attached hydrogens (tertiary/aromatic N) is 1. The predicted octanol–water partition coefficient (Wildman–Crippen LogP) is 1.85. The van der Waals surface area contributed by atoms with Crippen molar-refractivity contribution in [3.63, 3.8) is 0 Å². The highest BCUT2D eigenvalue weighted by molar-refractivity contribution is 5.96. The van der Waals surface area contributed by atoms with Crippen molar-refractivity contribution in [2.24, 2.45) is 0 Å². The molecule has 0 aliphatic carbocycles. The molecule has 124 valence electrons. The lowest BCUT2D eigenvalue weighted by Crippen LogP contribution is -2.62. The number of phenols is 1. The molecule has 0 radical (unpaired) electrons. The van der Waals surface area contributed by atoms with Crippen LogP contribution in [0, 0.1) is 0 Å². The molecule has 3 rings (SSSR count). The van der Waals surface area contributed by atoms with Gasteiger partial charge in [0.1, 0.15) is 17.8 Å². The summed E-state index contributed by atoms with van der Waals surface area (Å²) in [4.78, 5) is 26.7. The van der Waals surface area contributed by atoms with Gasteiger partial charge in [0, 0.05) is 13.0 Å². The lowest BCUT2D eigenvalue weighted by molar-refractivity contribution is -0.149. The summed E-state index contributed by atoms with van der Waals surface area (Å²) in [5.41, 5.74) is 1.80. The van der Waals surface area contributed by atoms with Gasteiger partial charge < -0.3 is 15.3 Å². The van der Waals surface area contributed by atoms with Crippen LogP contribution >= 0.6 is 0 Å². The first-order chi connectivity index (χ1) is 11.5. The molecule has 0 bridgehead atoms. The van der Waals surface area contributed by atoms with Gasteiger partial charge in [-0.05, 0) is 30.2 Å². The van der Waals surface area contributed by atoms with Crippen LogP contribution in [0.25, 0.3) is 0 Å². The number of nitrogens with one attached hydrogen (secondary N) is 1. The Morgan fingerprint density at radius 3 is 2.46 bits per heavy atom. The molecule has 0 saturated carbocycles. The average molecular weight is 324 g/mol. The molecule has 0 aromatic heterocycles. The van der Waals surface area contributed by atoms with E-state index in [2.05, 4.69) is 5.32 Å². The molecule has 2 amide bonds. The van der Waals surface area contributed by atoms with Crippen LogP contribution in [0.15, 0.2) is 54.6 Å². The number of amides is 2. The van der Waals surface area contributed by atoms with Crippen molar-refractivity contribution in [3.05, 3.63) is 65.7 Å². The molecule has 2 atom stereocenters. The molecule has 1 aliphatic rings. The Hall–Kier alpha value is -2.82. The first-order valence-electron chi connectivity index (χ1n) is 7.97. The second kappa shape index (κ2) is 6.74. The van der Waals surface area contributed by atoms with Crippen molar-refractivity contribution in [3.8, 4) is 5.75 Å². The van der Waals surface area contributed by atoms with Crippen molar-refractivity contribution in [1.82, 2.24) is 10.2 Å². The quantitative estimate of drug-likeness (QED) is 0.902. The summed E-state index contributed by atoms with van der Waals surface area (Å²) >= 11 is 0. The summed E-state index contributed by atoms with van der Waals surface area (Å²) in [5.74, 6) is -0.112. The van der Waals surface area contributed by atoms with Crippen molar-refractivity contribution in [1.29, 1.82) is 0 Å². The number of benzene rings is 2. The maximum Gasteiger partial charge on any atom is 0.245 e. The lowest BCUT2D eigenvalue weighted by Gasteiger charge is -2.38. The molecule has 1 saturated heterocycles. The highest BCUT2D eigenvalue weighted by Crippen LogP contribution is 2.20. The Kier molecular flexibility index (Phi) is 4.51. The fourth-order valence-electron chi connectivity index (χ4n) is 3.00. The number of rotatable bonds is 4. The maximum atomic E-state index is 12.6. The van der Waals surface area contributed by atoms with Crippen molar-refractivity contribution >= 4 is 11.8 Å². The second-order valence-electron chi connectivity index (χ2n) is 6.07. The van der Waals surface area contributed by atoms with Gasteiger partial charge in [0.15, 0.2) is 0 Å². The highest BCUT2D eigenvalue weighted by Gasteiger charge is 2.38. The predicted molar refractivity (Wildman–Crippen MR) is 90.2 cm³/mol. The fraction of sp³-hybridized carbons (Fsp3) is 0.263. The molecular weight excluding hydrogens is 304 g/mol. The second-order valence-corrected chi connectivity index (χ2v) is 6.07. The summed E-state index contributed by atoms with van der Waals surface area (Å²) in [7, 11) is 0. The van der Waals surface area contributed by atoms with Crippen LogP contribution in [0.4, 0.5) is 0 Å². The normalized spacial score (nSPS) is 20.8. The highest BCUT2D eigenvalue weighted by atomic mass is 16.3. The SMILES string of the molecule is C[C@@H]1NC(=O)[C@H](Cc2ccccc2)N(Cc2cccc(O)c2)C1=O. The van der Waals surface area contributed by atoms with Crippen molar-refractivity contribution < 1.29 is 14.7 Å². The molecule has 5 nitrogen and oxygen atoms in total. The van der Waals surface area contributed by atoms with E-state index in [-0.39, 0.29) is 17.6 Å². The van der Waals surface area contributed by atoms with Gasteiger partial charge in [0.2, 0.25) is 11.8 Å². The molecule has 1 fully saturated rings. The third-order valence-corrected chi connectivity index (χ3v) is 4.23. The van der Waals surface area contributed by atoms with E-state index in [4.69, 9.17) is 0 Å². The number of piperazine rings is 1.